The van der Waals surface area contributed by atoms with Gasteiger partial charge in [0.25, 0.3) is 0 Å². The van der Waals surface area contributed by atoms with Crippen molar-refractivity contribution in [1.29, 1.82) is 0 Å². The molecule has 4 nitrogen and oxygen atoms in total. The summed E-state index contributed by atoms with van der Waals surface area (Å²) < 4.78 is 10.4. The molecule has 1 aromatic carbocycles. The Bertz CT molecular complexity index is 266. The maximum absolute atomic E-state index is 8.72. The fraction of sp³-hybridized carbons (Fsp3) is 0.333. The molecule has 1 heterocycles. The summed E-state index contributed by atoms with van der Waals surface area (Å²) in [5.74, 6) is -1.42. The van der Waals surface area contributed by atoms with E-state index in [2.05, 4.69) is 4.89 Å². The molecule has 2 rings (SSSR count). The van der Waals surface area contributed by atoms with Crippen molar-refractivity contribution in [2.24, 2.45) is 0 Å². The summed E-state index contributed by atoms with van der Waals surface area (Å²) in [7, 11) is 0. The van der Waals surface area contributed by atoms with Crippen LogP contribution in [0.15, 0.2) is 30.3 Å². The highest BCUT2D eigenvalue weighted by Gasteiger charge is 2.40. The summed E-state index contributed by atoms with van der Waals surface area (Å²) >= 11 is 0. The summed E-state index contributed by atoms with van der Waals surface area (Å²) in [6, 6.07) is 9.04. The van der Waals surface area contributed by atoms with E-state index in [0.29, 0.717) is 18.8 Å². The van der Waals surface area contributed by atoms with Crippen LogP contribution in [-0.2, 0) is 20.3 Å². The Labute approximate surface area is 75.6 Å². The molecular formula is C9H10O4. The van der Waals surface area contributed by atoms with E-state index in [4.69, 9.17) is 14.7 Å². The quantitative estimate of drug-likeness (QED) is 0.553. The summed E-state index contributed by atoms with van der Waals surface area (Å²) in [6.07, 6.45) is 0. The van der Waals surface area contributed by atoms with Crippen LogP contribution in [0.3, 0.4) is 0 Å². The highest BCUT2D eigenvalue weighted by atomic mass is 17.2. The molecule has 0 aromatic heterocycles. The first kappa shape index (κ1) is 8.65. The number of ether oxygens (including phenoxy) is 2. The van der Waals surface area contributed by atoms with Gasteiger partial charge in [0.1, 0.15) is 0 Å². The van der Waals surface area contributed by atoms with Crippen molar-refractivity contribution >= 4 is 0 Å². The predicted molar refractivity (Wildman–Crippen MR) is 43.7 cm³/mol. The maximum atomic E-state index is 8.72. The lowest BCUT2D eigenvalue weighted by atomic mass is 10.2. The van der Waals surface area contributed by atoms with Crippen LogP contribution >= 0.6 is 0 Å². The van der Waals surface area contributed by atoms with Gasteiger partial charge in [-0.1, -0.05) is 30.3 Å². The minimum Gasteiger partial charge on any atom is -0.319 e. The summed E-state index contributed by atoms with van der Waals surface area (Å²) in [6.45, 7) is 0.824. The molecule has 0 atom stereocenters. The lowest BCUT2D eigenvalue weighted by molar-refractivity contribution is -0.475. The van der Waals surface area contributed by atoms with Crippen molar-refractivity contribution in [3.63, 3.8) is 0 Å². The minimum atomic E-state index is -1.42. The molecule has 0 amide bonds. The molecule has 0 spiro atoms. The average molecular weight is 182 g/mol. The Morgan fingerprint density at radius 1 is 1.15 bits per heavy atom. The van der Waals surface area contributed by atoms with Gasteiger partial charge in [-0.15, -0.1) is 0 Å². The van der Waals surface area contributed by atoms with Crippen LogP contribution in [0.4, 0.5) is 0 Å². The molecule has 1 aromatic rings. The lowest BCUT2D eigenvalue weighted by Gasteiger charge is -2.22. The number of benzene rings is 1. The van der Waals surface area contributed by atoms with Crippen molar-refractivity contribution in [2.45, 2.75) is 5.97 Å². The number of rotatable bonds is 2. The van der Waals surface area contributed by atoms with Gasteiger partial charge in [0.05, 0.1) is 13.2 Å². The number of hydrogen-bond donors (Lipinski definition) is 1. The van der Waals surface area contributed by atoms with Gasteiger partial charge in [0, 0.05) is 5.56 Å². The van der Waals surface area contributed by atoms with Crippen molar-refractivity contribution < 1.29 is 19.6 Å². The molecule has 1 aliphatic heterocycles. The van der Waals surface area contributed by atoms with Gasteiger partial charge in [-0.3, -0.25) is 0 Å². The monoisotopic (exact) mass is 182 g/mol. The fourth-order valence-corrected chi connectivity index (χ4v) is 1.31. The molecule has 0 saturated carbocycles. The molecule has 0 bridgehead atoms. The van der Waals surface area contributed by atoms with Crippen molar-refractivity contribution in [3.05, 3.63) is 35.9 Å². The topological polar surface area (TPSA) is 47.9 Å². The van der Waals surface area contributed by atoms with Gasteiger partial charge >= 0.3 is 5.97 Å². The van der Waals surface area contributed by atoms with E-state index in [0.717, 1.165) is 0 Å². The van der Waals surface area contributed by atoms with E-state index in [9.17, 15) is 0 Å². The van der Waals surface area contributed by atoms with E-state index in [1.54, 1.807) is 12.1 Å². The SMILES string of the molecule is OOC1(c2ccccc2)OCCO1. The fourth-order valence-electron chi connectivity index (χ4n) is 1.31. The van der Waals surface area contributed by atoms with Gasteiger partial charge in [-0.2, -0.15) is 4.89 Å². The summed E-state index contributed by atoms with van der Waals surface area (Å²) in [4.78, 5) is 4.24. The molecule has 4 heteroatoms. The molecule has 0 unspecified atom stereocenters. The van der Waals surface area contributed by atoms with E-state index in [1.165, 1.54) is 0 Å². The first-order valence-corrected chi connectivity index (χ1v) is 4.03. The molecule has 0 aliphatic carbocycles. The predicted octanol–water partition coefficient (Wildman–Crippen LogP) is 1.33. The van der Waals surface area contributed by atoms with Crippen LogP contribution in [0.5, 0.6) is 0 Å². The normalized spacial score (nSPS) is 20.4. The minimum absolute atomic E-state index is 0.412. The zero-order valence-electron chi connectivity index (χ0n) is 6.97. The highest BCUT2D eigenvalue weighted by molar-refractivity contribution is 5.18. The van der Waals surface area contributed by atoms with Crippen molar-refractivity contribution in [3.8, 4) is 0 Å². The average Bonchev–Trinajstić information content (AvgIpc) is 2.69. The van der Waals surface area contributed by atoms with E-state index >= 15 is 0 Å². The van der Waals surface area contributed by atoms with Crippen LogP contribution in [0.2, 0.25) is 0 Å². The Balaban J connectivity index is 2.31. The molecular weight excluding hydrogens is 172 g/mol. The van der Waals surface area contributed by atoms with Gasteiger partial charge in [-0.25, -0.2) is 5.26 Å². The molecule has 1 fully saturated rings. The van der Waals surface area contributed by atoms with E-state index < -0.39 is 5.97 Å². The van der Waals surface area contributed by atoms with Crippen molar-refractivity contribution in [2.75, 3.05) is 13.2 Å². The standard InChI is InChI=1S/C9H10O4/c10-13-9(11-6-7-12-9)8-4-2-1-3-5-8/h1-5,10H,6-7H2. The van der Waals surface area contributed by atoms with Gasteiger partial charge in [0.2, 0.25) is 0 Å². The van der Waals surface area contributed by atoms with Gasteiger partial charge in [0.15, 0.2) is 0 Å². The summed E-state index contributed by atoms with van der Waals surface area (Å²) in [5.41, 5.74) is 0.648. The second-order valence-corrected chi connectivity index (χ2v) is 2.71. The molecule has 1 saturated heterocycles. The molecule has 1 aliphatic rings. The van der Waals surface area contributed by atoms with Gasteiger partial charge < -0.3 is 9.47 Å². The Kier molecular flexibility index (Phi) is 2.28. The van der Waals surface area contributed by atoms with E-state index in [-0.39, 0.29) is 0 Å². The maximum Gasteiger partial charge on any atom is 0.340 e. The zero-order chi connectivity index (χ0) is 9.15. The van der Waals surface area contributed by atoms with Crippen LogP contribution in [-0.4, -0.2) is 18.5 Å². The highest BCUT2D eigenvalue weighted by Crippen LogP contribution is 2.31. The van der Waals surface area contributed by atoms with Crippen LogP contribution in [0.1, 0.15) is 5.56 Å². The second kappa shape index (κ2) is 3.43. The lowest BCUT2D eigenvalue weighted by Crippen LogP contribution is -2.29. The Morgan fingerprint density at radius 3 is 2.31 bits per heavy atom. The third kappa shape index (κ3) is 1.45. The first-order chi connectivity index (χ1) is 6.37. The van der Waals surface area contributed by atoms with Gasteiger partial charge in [-0.05, 0) is 0 Å². The molecule has 1 N–H and O–H groups in total. The van der Waals surface area contributed by atoms with E-state index in [1.807, 2.05) is 18.2 Å². The second-order valence-electron chi connectivity index (χ2n) is 2.71. The Morgan fingerprint density at radius 2 is 1.77 bits per heavy atom. The largest absolute Gasteiger partial charge is 0.340 e. The Hall–Kier alpha value is -0.940. The van der Waals surface area contributed by atoms with Crippen molar-refractivity contribution in [1.82, 2.24) is 0 Å². The van der Waals surface area contributed by atoms with Crippen LogP contribution in [0, 0.1) is 0 Å². The molecule has 0 radical (unpaired) electrons. The zero-order valence-corrected chi connectivity index (χ0v) is 6.97. The summed E-state index contributed by atoms with van der Waals surface area (Å²) in [5, 5.41) is 8.72. The van der Waals surface area contributed by atoms with Crippen LogP contribution < -0.4 is 0 Å². The molecule has 70 valence electrons. The van der Waals surface area contributed by atoms with Crippen LogP contribution in [0.25, 0.3) is 0 Å². The molecule has 13 heavy (non-hydrogen) atoms. The first-order valence-electron chi connectivity index (χ1n) is 4.03. The number of hydrogen-bond acceptors (Lipinski definition) is 4. The third-order valence-electron chi connectivity index (χ3n) is 1.92. The smallest absolute Gasteiger partial charge is 0.319 e. The third-order valence-corrected chi connectivity index (χ3v) is 1.92.